The number of carbonyl (C=O) groups is 1. The van der Waals surface area contributed by atoms with E-state index in [9.17, 15) is 19.4 Å². The molecular formula is C14H18FNO3. The van der Waals surface area contributed by atoms with Crippen molar-refractivity contribution in [3.63, 3.8) is 0 Å². The lowest BCUT2D eigenvalue weighted by molar-refractivity contribution is -0.136. The number of aliphatic hydroxyl groups is 2. The van der Waals surface area contributed by atoms with Gasteiger partial charge in [-0.05, 0) is 30.5 Å². The highest BCUT2D eigenvalue weighted by Gasteiger charge is 2.24. The molecule has 5 heteroatoms. The van der Waals surface area contributed by atoms with Crippen molar-refractivity contribution >= 4 is 5.91 Å². The molecule has 0 radical (unpaired) electrons. The van der Waals surface area contributed by atoms with Gasteiger partial charge in [-0.15, -0.1) is 0 Å². The number of halogens is 1. The Kier molecular flexibility index (Phi) is 4.50. The molecule has 1 heterocycles. The van der Waals surface area contributed by atoms with Crippen molar-refractivity contribution in [2.24, 2.45) is 0 Å². The van der Waals surface area contributed by atoms with E-state index in [0.717, 1.165) is 6.42 Å². The second kappa shape index (κ2) is 6.12. The van der Waals surface area contributed by atoms with E-state index in [1.165, 1.54) is 18.2 Å². The minimum absolute atomic E-state index is 0.0871. The van der Waals surface area contributed by atoms with Crippen molar-refractivity contribution in [1.29, 1.82) is 0 Å². The first kappa shape index (κ1) is 14.0. The molecule has 1 amide bonds. The molecule has 19 heavy (non-hydrogen) atoms. The molecule has 2 rings (SSSR count). The van der Waals surface area contributed by atoms with Crippen molar-refractivity contribution in [3.8, 4) is 0 Å². The number of piperidine rings is 1. The average molecular weight is 267 g/mol. The van der Waals surface area contributed by atoms with E-state index in [2.05, 4.69) is 0 Å². The Morgan fingerprint density at radius 3 is 3.00 bits per heavy atom. The molecule has 0 spiro atoms. The largest absolute Gasteiger partial charge is 0.391 e. The highest BCUT2D eigenvalue weighted by Crippen LogP contribution is 2.20. The lowest BCUT2D eigenvalue weighted by Gasteiger charge is -2.30. The molecule has 2 unspecified atom stereocenters. The number of amides is 1. The van der Waals surface area contributed by atoms with Gasteiger partial charge in [0.15, 0.2) is 0 Å². The van der Waals surface area contributed by atoms with Crippen molar-refractivity contribution in [3.05, 3.63) is 35.6 Å². The van der Waals surface area contributed by atoms with Crippen molar-refractivity contribution in [2.75, 3.05) is 13.1 Å². The molecule has 0 aliphatic carbocycles. The van der Waals surface area contributed by atoms with Gasteiger partial charge in [-0.25, -0.2) is 4.39 Å². The quantitative estimate of drug-likeness (QED) is 0.866. The number of aliphatic hydroxyl groups excluding tert-OH is 2. The summed E-state index contributed by atoms with van der Waals surface area (Å²) in [6, 6.07) is 5.61. The van der Waals surface area contributed by atoms with Gasteiger partial charge in [0.05, 0.1) is 18.6 Å². The fourth-order valence-electron chi connectivity index (χ4n) is 2.31. The summed E-state index contributed by atoms with van der Waals surface area (Å²) < 4.78 is 13.0. The van der Waals surface area contributed by atoms with Crippen molar-refractivity contribution in [2.45, 2.75) is 31.5 Å². The third-order valence-electron chi connectivity index (χ3n) is 3.35. The topological polar surface area (TPSA) is 60.8 Å². The highest BCUT2D eigenvalue weighted by atomic mass is 19.1. The molecule has 0 saturated carbocycles. The Balaban J connectivity index is 1.94. The number of β-amino-alcohol motifs (C(OH)–C–C–N with tert-alkyl or cyclic N) is 1. The van der Waals surface area contributed by atoms with Crippen LogP contribution >= 0.6 is 0 Å². The SMILES string of the molecule is O=C(CC(O)c1cccc(F)c1)N1CCCC(O)C1. The van der Waals surface area contributed by atoms with Gasteiger partial charge in [0.25, 0.3) is 0 Å². The minimum Gasteiger partial charge on any atom is -0.391 e. The molecule has 1 aliphatic rings. The third-order valence-corrected chi connectivity index (χ3v) is 3.35. The van der Waals surface area contributed by atoms with E-state index < -0.39 is 18.0 Å². The van der Waals surface area contributed by atoms with E-state index in [1.54, 1.807) is 11.0 Å². The molecule has 0 aromatic heterocycles. The molecular weight excluding hydrogens is 249 g/mol. The van der Waals surface area contributed by atoms with Crippen LogP contribution in [0.15, 0.2) is 24.3 Å². The fourth-order valence-corrected chi connectivity index (χ4v) is 2.31. The third kappa shape index (κ3) is 3.75. The normalized spacial score (nSPS) is 21.2. The van der Waals surface area contributed by atoms with Gasteiger partial charge < -0.3 is 15.1 Å². The molecule has 0 bridgehead atoms. The van der Waals surface area contributed by atoms with E-state index in [0.29, 0.717) is 25.1 Å². The summed E-state index contributed by atoms with van der Waals surface area (Å²) in [5, 5.41) is 19.4. The summed E-state index contributed by atoms with van der Waals surface area (Å²) in [6.45, 7) is 0.917. The van der Waals surface area contributed by atoms with Crippen LogP contribution in [-0.4, -0.2) is 40.2 Å². The lowest BCUT2D eigenvalue weighted by Crippen LogP contribution is -2.42. The van der Waals surface area contributed by atoms with Gasteiger partial charge in [0.2, 0.25) is 5.91 Å². The molecule has 2 atom stereocenters. The Hall–Kier alpha value is -1.46. The second-order valence-electron chi connectivity index (χ2n) is 4.91. The maximum absolute atomic E-state index is 13.0. The molecule has 104 valence electrons. The van der Waals surface area contributed by atoms with Gasteiger partial charge in [0, 0.05) is 13.1 Å². The van der Waals surface area contributed by atoms with E-state index >= 15 is 0 Å². The first-order valence-electron chi connectivity index (χ1n) is 6.45. The smallest absolute Gasteiger partial charge is 0.225 e. The summed E-state index contributed by atoms with van der Waals surface area (Å²) in [5.74, 6) is -0.645. The Bertz CT molecular complexity index is 452. The Morgan fingerprint density at radius 2 is 2.32 bits per heavy atom. The summed E-state index contributed by atoms with van der Waals surface area (Å²) in [5.41, 5.74) is 0.394. The zero-order valence-corrected chi connectivity index (χ0v) is 10.6. The summed E-state index contributed by atoms with van der Waals surface area (Å²) in [7, 11) is 0. The number of likely N-dealkylation sites (tertiary alicyclic amines) is 1. The molecule has 1 saturated heterocycles. The number of hydrogen-bond donors (Lipinski definition) is 2. The average Bonchev–Trinajstić information content (AvgIpc) is 2.38. The van der Waals surface area contributed by atoms with Gasteiger partial charge >= 0.3 is 0 Å². The first-order valence-corrected chi connectivity index (χ1v) is 6.45. The van der Waals surface area contributed by atoms with Crippen LogP contribution in [0.1, 0.15) is 30.9 Å². The lowest BCUT2D eigenvalue weighted by atomic mass is 10.0. The predicted molar refractivity (Wildman–Crippen MR) is 67.8 cm³/mol. The maximum atomic E-state index is 13.0. The van der Waals surface area contributed by atoms with Gasteiger partial charge in [-0.3, -0.25) is 4.79 Å². The van der Waals surface area contributed by atoms with Crippen molar-refractivity contribution < 1.29 is 19.4 Å². The monoisotopic (exact) mass is 267 g/mol. The predicted octanol–water partition coefficient (Wildman–Crippen LogP) is 1.23. The second-order valence-corrected chi connectivity index (χ2v) is 4.91. The molecule has 1 aromatic rings. The van der Waals surface area contributed by atoms with Crippen LogP contribution in [-0.2, 0) is 4.79 Å². The van der Waals surface area contributed by atoms with Crippen LogP contribution in [0.25, 0.3) is 0 Å². The van der Waals surface area contributed by atoms with E-state index in [-0.39, 0.29) is 12.3 Å². The molecule has 4 nitrogen and oxygen atoms in total. The van der Waals surface area contributed by atoms with Crippen LogP contribution < -0.4 is 0 Å². The number of rotatable bonds is 3. The molecule has 1 aromatic carbocycles. The summed E-state index contributed by atoms with van der Waals surface area (Å²) in [6.07, 6.45) is -0.110. The van der Waals surface area contributed by atoms with E-state index in [1.807, 2.05) is 0 Å². The van der Waals surface area contributed by atoms with Gasteiger partial charge in [-0.1, -0.05) is 12.1 Å². The zero-order chi connectivity index (χ0) is 13.8. The van der Waals surface area contributed by atoms with Crippen LogP contribution in [0.3, 0.4) is 0 Å². The standard InChI is InChI=1S/C14H18FNO3/c15-11-4-1-3-10(7-11)13(18)8-14(19)16-6-2-5-12(17)9-16/h1,3-4,7,12-13,17-18H,2,5-6,8-9H2. The number of hydrogen-bond acceptors (Lipinski definition) is 3. The summed E-state index contributed by atoms with van der Waals surface area (Å²) >= 11 is 0. The molecule has 1 fully saturated rings. The Labute approximate surface area is 111 Å². The van der Waals surface area contributed by atoms with Crippen LogP contribution in [0, 0.1) is 5.82 Å². The van der Waals surface area contributed by atoms with Crippen LogP contribution in [0.5, 0.6) is 0 Å². The Morgan fingerprint density at radius 1 is 1.53 bits per heavy atom. The van der Waals surface area contributed by atoms with Crippen LogP contribution in [0.2, 0.25) is 0 Å². The number of nitrogens with zero attached hydrogens (tertiary/aromatic N) is 1. The molecule has 2 N–H and O–H groups in total. The van der Waals surface area contributed by atoms with Gasteiger partial charge in [0.1, 0.15) is 5.82 Å². The van der Waals surface area contributed by atoms with E-state index in [4.69, 9.17) is 0 Å². The fraction of sp³-hybridized carbons (Fsp3) is 0.500. The minimum atomic E-state index is -1.01. The highest BCUT2D eigenvalue weighted by molar-refractivity contribution is 5.77. The zero-order valence-electron chi connectivity index (χ0n) is 10.6. The van der Waals surface area contributed by atoms with Gasteiger partial charge in [-0.2, -0.15) is 0 Å². The van der Waals surface area contributed by atoms with Crippen molar-refractivity contribution in [1.82, 2.24) is 4.90 Å². The van der Waals surface area contributed by atoms with Crippen LogP contribution in [0.4, 0.5) is 4.39 Å². The number of carbonyl (C=O) groups excluding carboxylic acids is 1. The number of benzene rings is 1. The summed E-state index contributed by atoms with van der Waals surface area (Å²) in [4.78, 5) is 13.5. The maximum Gasteiger partial charge on any atom is 0.225 e. The first-order chi connectivity index (χ1) is 9.06. The molecule has 1 aliphatic heterocycles.